The predicted octanol–water partition coefficient (Wildman–Crippen LogP) is 2.55. The Kier molecular flexibility index (Phi) is 6.94. The third-order valence-electron chi connectivity index (χ3n) is 7.10. The second-order valence-corrected chi connectivity index (χ2v) is 9.43. The van der Waals surface area contributed by atoms with E-state index >= 15 is 0 Å². The average Bonchev–Trinajstić information content (AvgIpc) is 2.95. The monoisotopic (exact) mass is 502 g/mol. The number of Topliss-reactive ketones (excluding diaryl/α,β-unsaturated/α-hetero) is 1. The minimum Gasteiger partial charge on any atom is -0.335 e. The molecule has 1 aliphatic carbocycles. The van der Waals surface area contributed by atoms with Gasteiger partial charge in [0, 0.05) is 43.7 Å². The van der Waals surface area contributed by atoms with Crippen LogP contribution in [0.4, 0.5) is 4.39 Å². The molecular weight excluding hydrogens is 475 g/mol. The second kappa shape index (κ2) is 10.5. The van der Waals surface area contributed by atoms with E-state index in [9.17, 15) is 23.6 Å². The number of benzene rings is 2. The van der Waals surface area contributed by atoms with Crippen LogP contribution in [0.3, 0.4) is 0 Å². The van der Waals surface area contributed by atoms with E-state index in [1.54, 1.807) is 36.4 Å². The molecule has 3 aromatic rings. The quantitative estimate of drug-likeness (QED) is 0.427. The number of carbonyl (C=O) groups is 3. The topological polar surface area (TPSA) is 103 Å². The van der Waals surface area contributed by atoms with E-state index in [-0.39, 0.29) is 37.3 Å². The van der Waals surface area contributed by atoms with Crippen molar-refractivity contribution in [3.05, 3.63) is 98.2 Å². The number of ketones is 1. The summed E-state index contributed by atoms with van der Waals surface area (Å²) in [6.45, 7) is 0.784. The first-order valence-corrected chi connectivity index (χ1v) is 12.5. The van der Waals surface area contributed by atoms with Gasteiger partial charge in [-0.1, -0.05) is 36.4 Å². The van der Waals surface area contributed by atoms with Crippen molar-refractivity contribution >= 4 is 17.6 Å². The molecule has 0 saturated carbocycles. The van der Waals surface area contributed by atoms with Crippen LogP contribution >= 0.6 is 0 Å². The third-order valence-corrected chi connectivity index (χ3v) is 7.10. The van der Waals surface area contributed by atoms with Crippen molar-refractivity contribution in [3.63, 3.8) is 0 Å². The molecule has 1 aromatic heterocycles. The molecule has 0 spiro atoms. The van der Waals surface area contributed by atoms with E-state index in [1.165, 1.54) is 21.9 Å². The van der Waals surface area contributed by atoms with Gasteiger partial charge < -0.3 is 9.80 Å². The maximum atomic E-state index is 14.7. The van der Waals surface area contributed by atoms with Crippen LogP contribution in [0.2, 0.25) is 0 Å². The summed E-state index contributed by atoms with van der Waals surface area (Å²) in [5.41, 5.74) is 3.32. The average molecular weight is 503 g/mol. The molecule has 37 heavy (non-hydrogen) atoms. The number of halogens is 1. The molecule has 1 N–H and O–H groups in total. The van der Waals surface area contributed by atoms with E-state index in [0.717, 1.165) is 48.1 Å². The van der Waals surface area contributed by atoms with Gasteiger partial charge in [0.15, 0.2) is 0 Å². The molecule has 0 bridgehead atoms. The van der Waals surface area contributed by atoms with E-state index < -0.39 is 23.4 Å². The third kappa shape index (κ3) is 5.07. The van der Waals surface area contributed by atoms with Gasteiger partial charge in [-0.3, -0.25) is 19.2 Å². The molecule has 2 aliphatic rings. The Hall–Kier alpha value is -4.14. The highest BCUT2D eigenvalue weighted by atomic mass is 19.1. The SMILES string of the molecule is O=C(C(=O)N1CCN(C(=O)c2cc(Cc3n[nH]c(=O)c4c3CCCC4)ccc2F)CC1)c1ccccc1. The highest BCUT2D eigenvalue weighted by Crippen LogP contribution is 2.23. The van der Waals surface area contributed by atoms with Crippen LogP contribution in [0.15, 0.2) is 53.3 Å². The molecule has 2 amide bonds. The molecule has 190 valence electrons. The van der Waals surface area contributed by atoms with Crippen LogP contribution in [0.5, 0.6) is 0 Å². The lowest BCUT2D eigenvalue weighted by atomic mass is 9.90. The standard InChI is InChI=1S/C28H27FN4O4/c29-23-11-10-18(17-24-20-8-4-5-9-21(20)26(35)31-30-24)16-22(23)27(36)32-12-14-33(15-13-32)28(37)25(34)19-6-2-1-3-7-19/h1-3,6-7,10-11,16H,4-5,8-9,12-15,17H2,(H,31,35). The predicted molar refractivity (Wildman–Crippen MR) is 134 cm³/mol. The number of aromatic nitrogens is 2. The maximum Gasteiger partial charge on any atom is 0.295 e. The zero-order chi connectivity index (χ0) is 25.9. The Morgan fingerprint density at radius 3 is 2.30 bits per heavy atom. The van der Waals surface area contributed by atoms with Gasteiger partial charge in [0.2, 0.25) is 5.78 Å². The van der Waals surface area contributed by atoms with E-state index in [4.69, 9.17) is 0 Å². The van der Waals surface area contributed by atoms with Crippen molar-refractivity contribution < 1.29 is 18.8 Å². The van der Waals surface area contributed by atoms with Gasteiger partial charge in [-0.25, -0.2) is 9.49 Å². The fourth-order valence-corrected chi connectivity index (χ4v) is 5.05. The molecule has 0 atom stereocenters. The molecule has 2 heterocycles. The summed E-state index contributed by atoms with van der Waals surface area (Å²) in [7, 11) is 0. The normalized spacial score (nSPS) is 15.3. The molecule has 1 saturated heterocycles. The minimum absolute atomic E-state index is 0.0454. The van der Waals surface area contributed by atoms with Gasteiger partial charge in [-0.05, 0) is 48.9 Å². The van der Waals surface area contributed by atoms with Gasteiger partial charge in [-0.2, -0.15) is 5.10 Å². The van der Waals surface area contributed by atoms with Gasteiger partial charge in [0.05, 0.1) is 11.3 Å². The van der Waals surface area contributed by atoms with Gasteiger partial charge in [-0.15, -0.1) is 0 Å². The number of fused-ring (bicyclic) bond motifs is 1. The number of nitrogens with one attached hydrogen (secondary N) is 1. The van der Waals surface area contributed by atoms with E-state index in [1.807, 2.05) is 0 Å². The van der Waals surface area contributed by atoms with Crippen molar-refractivity contribution in [1.29, 1.82) is 0 Å². The molecule has 1 fully saturated rings. The fraction of sp³-hybridized carbons (Fsp3) is 0.321. The second-order valence-electron chi connectivity index (χ2n) is 9.43. The van der Waals surface area contributed by atoms with Gasteiger partial charge >= 0.3 is 0 Å². The van der Waals surface area contributed by atoms with Crippen LogP contribution in [0, 0.1) is 5.82 Å². The summed E-state index contributed by atoms with van der Waals surface area (Å²) in [5, 5.41) is 6.81. The molecule has 0 radical (unpaired) electrons. The minimum atomic E-state index is -0.622. The van der Waals surface area contributed by atoms with Crippen LogP contribution in [-0.2, 0) is 24.1 Å². The Morgan fingerprint density at radius 2 is 1.57 bits per heavy atom. The zero-order valence-electron chi connectivity index (χ0n) is 20.3. The van der Waals surface area contributed by atoms with Crippen molar-refractivity contribution in [1.82, 2.24) is 20.0 Å². The first kappa shape index (κ1) is 24.5. The van der Waals surface area contributed by atoms with Crippen LogP contribution in [0.25, 0.3) is 0 Å². The number of nitrogens with zero attached hydrogens (tertiary/aromatic N) is 3. The summed E-state index contributed by atoms with van der Waals surface area (Å²) in [6, 6.07) is 12.8. The molecule has 1 aliphatic heterocycles. The first-order chi connectivity index (χ1) is 17.9. The van der Waals surface area contributed by atoms with Crippen LogP contribution < -0.4 is 5.56 Å². The fourth-order valence-electron chi connectivity index (χ4n) is 5.05. The number of amides is 2. The van der Waals surface area contributed by atoms with Crippen molar-refractivity contribution in [3.8, 4) is 0 Å². The van der Waals surface area contributed by atoms with Crippen LogP contribution in [-0.4, -0.2) is 63.8 Å². The highest BCUT2D eigenvalue weighted by molar-refractivity contribution is 6.42. The number of rotatable bonds is 5. The summed E-state index contributed by atoms with van der Waals surface area (Å²) in [4.78, 5) is 53.4. The Labute approximate surface area is 213 Å². The smallest absolute Gasteiger partial charge is 0.295 e. The summed E-state index contributed by atoms with van der Waals surface area (Å²) >= 11 is 0. The lowest BCUT2D eigenvalue weighted by Gasteiger charge is -2.34. The van der Waals surface area contributed by atoms with Gasteiger partial charge in [0.1, 0.15) is 5.82 Å². The summed E-state index contributed by atoms with van der Waals surface area (Å²) in [6.07, 6.45) is 3.84. The van der Waals surface area contributed by atoms with E-state index in [0.29, 0.717) is 12.0 Å². The molecule has 8 nitrogen and oxygen atoms in total. The summed E-state index contributed by atoms with van der Waals surface area (Å²) in [5.74, 6) is -2.28. The molecular formula is C28H27FN4O4. The lowest BCUT2D eigenvalue weighted by molar-refractivity contribution is -0.127. The number of aromatic amines is 1. The summed E-state index contributed by atoms with van der Waals surface area (Å²) < 4.78 is 14.7. The Morgan fingerprint density at radius 1 is 0.892 bits per heavy atom. The molecule has 5 rings (SSSR count). The largest absolute Gasteiger partial charge is 0.335 e. The van der Waals surface area contributed by atoms with Gasteiger partial charge in [0.25, 0.3) is 17.4 Å². The number of carbonyl (C=O) groups excluding carboxylic acids is 3. The van der Waals surface area contributed by atoms with Crippen LogP contribution in [0.1, 0.15) is 55.9 Å². The van der Waals surface area contributed by atoms with Crippen molar-refractivity contribution in [2.75, 3.05) is 26.2 Å². The lowest BCUT2D eigenvalue weighted by Crippen LogP contribution is -2.52. The maximum absolute atomic E-state index is 14.7. The number of hydrogen-bond donors (Lipinski definition) is 1. The zero-order valence-corrected chi connectivity index (χ0v) is 20.3. The number of piperazine rings is 1. The number of H-pyrrole nitrogens is 1. The molecule has 0 unspecified atom stereocenters. The van der Waals surface area contributed by atoms with Crippen molar-refractivity contribution in [2.24, 2.45) is 0 Å². The number of hydrogen-bond acceptors (Lipinski definition) is 5. The highest BCUT2D eigenvalue weighted by Gasteiger charge is 2.30. The van der Waals surface area contributed by atoms with Crippen molar-refractivity contribution in [2.45, 2.75) is 32.1 Å². The first-order valence-electron chi connectivity index (χ1n) is 12.5. The van der Waals surface area contributed by atoms with E-state index in [2.05, 4.69) is 10.2 Å². The molecule has 2 aromatic carbocycles. The molecule has 9 heteroatoms. The Balaban J connectivity index is 1.27. The Bertz CT molecular complexity index is 1410.